The van der Waals surface area contributed by atoms with Gasteiger partial charge in [-0.05, 0) is 18.1 Å². The van der Waals surface area contributed by atoms with E-state index in [1.807, 2.05) is 12.3 Å². The quantitative estimate of drug-likeness (QED) is 0.745. The zero-order valence-corrected chi connectivity index (χ0v) is 9.94. The van der Waals surface area contributed by atoms with E-state index in [-0.39, 0.29) is 5.41 Å². The first kappa shape index (κ1) is 10.5. The third-order valence-electron chi connectivity index (χ3n) is 3.83. The molecular weight excluding hydrogens is 210 g/mol. The number of rotatable bonds is 1. The van der Waals surface area contributed by atoms with E-state index >= 15 is 0 Å². The maximum absolute atomic E-state index is 11.5. The number of carbonyl (C=O) groups is 1. The van der Waals surface area contributed by atoms with Gasteiger partial charge < -0.3 is 0 Å². The standard InChI is InChI=1S/C15H15NO/c1-15(8-7-12(17)10-15)13-6-2-4-11-5-3-9-16-14(11)13/h2-6,9H,7-8,10H2,1H3. The van der Waals surface area contributed by atoms with E-state index in [0.29, 0.717) is 18.6 Å². The molecule has 3 rings (SSSR count). The van der Waals surface area contributed by atoms with Gasteiger partial charge in [-0.1, -0.05) is 31.2 Å². The van der Waals surface area contributed by atoms with Gasteiger partial charge in [0, 0.05) is 29.8 Å². The maximum atomic E-state index is 11.5. The predicted octanol–water partition coefficient (Wildman–Crippen LogP) is 3.25. The van der Waals surface area contributed by atoms with Crippen LogP contribution in [0.2, 0.25) is 0 Å². The number of ketones is 1. The number of carbonyl (C=O) groups excluding carboxylic acids is 1. The molecule has 0 spiro atoms. The van der Waals surface area contributed by atoms with Crippen LogP contribution in [-0.4, -0.2) is 10.8 Å². The second-order valence-corrected chi connectivity index (χ2v) is 5.16. The Hall–Kier alpha value is -1.70. The second-order valence-electron chi connectivity index (χ2n) is 5.16. The van der Waals surface area contributed by atoms with Gasteiger partial charge in [0.15, 0.2) is 0 Å². The molecule has 0 N–H and O–H groups in total. The van der Waals surface area contributed by atoms with E-state index in [9.17, 15) is 4.79 Å². The van der Waals surface area contributed by atoms with Crippen molar-refractivity contribution in [1.82, 2.24) is 4.98 Å². The summed E-state index contributed by atoms with van der Waals surface area (Å²) in [6.07, 6.45) is 4.13. The molecule has 1 aromatic carbocycles. The van der Waals surface area contributed by atoms with Gasteiger partial charge in [0.25, 0.3) is 0 Å². The van der Waals surface area contributed by atoms with Gasteiger partial charge in [-0.3, -0.25) is 9.78 Å². The molecule has 0 bridgehead atoms. The van der Waals surface area contributed by atoms with Crippen LogP contribution in [0.25, 0.3) is 10.9 Å². The van der Waals surface area contributed by atoms with Crippen molar-refractivity contribution in [3.8, 4) is 0 Å². The summed E-state index contributed by atoms with van der Waals surface area (Å²) in [5.41, 5.74) is 2.25. The molecule has 2 aromatic rings. The fraction of sp³-hybridized carbons (Fsp3) is 0.333. The van der Waals surface area contributed by atoms with E-state index < -0.39 is 0 Å². The van der Waals surface area contributed by atoms with Crippen molar-refractivity contribution < 1.29 is 4.79 Å². The van der Waals surface area contributed by atoms with Crippen LogP contribution in [0.4, 0.5) is 0 Å². The average Bonchev–Trinajstić information content (AvgIpc) is 2.70. The van der Waals surface area contributed by atoms with Crippen molar-refractivity contribution in [2.45, 2.75) is 31.6 Å². The molecule has 1 unspecified atom stereocenters. The molecule has 1 aliphatic carbocycles. The molecule has 86 valence electrons. The number of benzene rings is 1. The number of nitrogens with zero attached hydrogens (tertiary/aromatic N) is 1. The van der Waals surface area contributed by atoms with E-state index in [1.165, 1.54) is 5.56 Å². The predicted molar refractivity (Wildman–Crippen MR) is 68.0 cm³/mol. The Labute approximate surface area is 101 Å². The van der Waals surface area contributed by atoms with Gasteiger partial charge in [-0.2, -0.15) is 0 Å². The highest BCUT2D eigenvalue weighted by atomic mass is 16.1. The molecule has 0 radical (unpaired) electrons. The highest BCUT2D eigenvalue weighted by molar-refractivity contribution is 5.87. The molecule has 1 fully saturated rings. The number of aromatic nitrogens is 1. The summed E-state index contributed by atoms with van der Waals surface area (Å²) in [5, 5.41) is 1.16. The molecule has 2 heteroatoms. The number of Topliss-reactive ketones (excluding diaryl/α,β-unsaturated/α-hetero) is 1. The van der Waals surface area contributed by atoms with E-state index in [0.717, 1.165) is 17.3 Å². The SMILES string of the molecule is CC1(c2cccc3cccnc23)CCC(=O)C1. The normalized spacial score (nSPS) is 24.4. The van der Waals surface area contributed by atoms with Crippen LogP contribution in [0.15, 0.2) is 36.5 Å². The largest absolute Gasteiger partial charge is 0.300 e. The van der Waals surface area contributed by atoms with Gasteiger partial charge in [0.05, 0.1) is 5.52 Å². The summed E-state index contributed by atoms with van der Waals surface area (Å²) < 4.78 is 0. The van der Waals surface area contributed by atoms with Crippen molar-refractivity contribution in [3.05, 3.63) is 42.1 Å². The van der Waals surface area contributed by atoms with Crippen LogP contribution in [-0.2, 0) is 10.2 Å². The van der Waals surface area contributed by atoms with Crippen LogP contribution in [0.3, 0.4) is 0 Å². The molecule has 0 amide bonds. The molecule has 0 aliphatic heterocycles. The number of hydrogen-bond acceptors (Lipinski definition) is 2. The average molecular weight is 225 g/mol. The van der Waals surface area contributed by atoms with Crippen LogP contribution in [0.5, 0.6) is 0 Å². The number of hydrogen-bond donors (Lipinski definition) is 0. The topological polar surface area (TPSA) is 30.0 Å². The Kier molecular flexibility index (Phi) is 2.25. The van der Waals surface area contributed by atoms with E-state index in [1.54, 1.807) is 0 Å². The first-order valence-electron chi connectivity index (χ1n) is 6.05. The summed E-state index contributed by atoms with van der Waals surface area (Å²) >= 11 is 0. The van der Waals surface area contributed by atoms with Crippen LogP contribution < -0.4 is 0 Å². The third-order valence-corrected chi connectivity index (χ3v) is 3.83. The Bertz CT molecular complexity index is 585. The number of fused-ring (bicyclic) bond motifs is 1. The molecule has 1 saturated carbocycles. The fourth-order valence-electron chi connectivity index (χ4n) is 2.85. The van der Waals surface area contributed by atoms with E-state index in [4.69, 9.17) is 0 Å². The van der Waals surface area contributed by atoms with Crippen molar-refractivity contribution in [2.24, 2.45) is 0 Å². The lowest BCUT2D eigenvalue weighted by Crippen LogP contribution is -2.18. The summed E-state index contributed by atoms with van der Waals surface area (Å²) in [6, 6.07) is 10.3. The van der Waals surface area contributed by atoms with Gasteiger partial charge in [-0.15, -0.1) is 0 Å². The van der Waals surface area contributed by atoms with Crippen molar-refractivity contribution in [2.75, 3.05) is 0 Å². The Morgan fingerprint density at radius 3 is 2.82 bits per heavy atom. The summed E-state index contributed by atoms with van der Waals surface area (Å²) in [4.78, 5) is 16.0. The fourth-order valence-corrected chi connectivity index (χ4v) is 2.85. The van der Waals surface area contributed by atoms with Gasteiger partial charge in [0.2, 0.25) is 0 Å². The highest BCUT2D eigenvalue weighted by Gasteiger charge is 2.36. The summed E-state index contributed by atoms with van der Waals surface area (Å²) in [7, 11) is 0. The molecule has 1 atom stereocenters. The van der Waals surface area contributed by atoms with Gasteiger partial charge in [-0.25, -0.2) is 0 Å². The molecule has 17 heavy (non-hydrogen) atoms. The lowest BCUT2D eigenvalue weighted by atomic mass is 9.80. The van der Waals surface area contributed by atoms with Crippen LogP contribution in [0.1, 0.15) is 31.7 Å². The minimum absolute atomic E-state index is 0.0229. The maximum Gasteiger partial charge on any atom is 0.133 e. The molecule has 0 saturated heterocycles. The monoisotopic (exact) mass is 225 g/mol. The highest BCUT2D eigenvalue weighted by Crippen LogP contribution is 2.41. The second kappa shape index (κ2) is 3.66. The molecular formula is C15H15NO. The minimum atomic E-state index is -0.0229. The van der Waals surface area contributed by atoms with Crippen LogP contribution >= 0.6 is 0 Å². The van der Waals surface area contributed by atoms with Crippen molar-refractivity contribution >= 4 is 16.7 Å². The first-order chi connectivity index (χ1) is 8.19. The lowest BCUT2D eigenvalue weighted by molar-refractivity contribution is -0.117. The van der Waals surface area contributed by atoms with E-state index in [2.05, 4.69) is 36.2 Å². The van der Waals surface area contributed by atoms with Crippen LogP contribution in [0, 0.1) is 0 Å². The Morgan fingerprint density at radius 2 is 2.06 bits per heavy atom. The zero-order valence-electron chi connectivity index (χ0n) is 9.94. The lowest BCUT2D eigenvalue weighted by Gasteiger charge is -2.24. The Morgan fingerprint density at radius 1 is 1.24 bits per heavy atom. The summed E-state index contributed by atoms with van der Waals surface area (Å²) in [6.45, 7) is 2.18. The minimum Gasteiger partial charge on any atom is -0.300 e. The molecule has 1 aliphatic rings. The molecule has 2 nitrogen and oxygen atoms in total. The zero-order chi connectivity index (χ0) is 11.9. The first-order valence-corrected chi connectivity index (χ1v) is 6.05. The molecule has 1 aromatic heterocycles. The summed E-state index contributed by atoms with van der Waals surface area (Å²) in [5.74, 6) is 0.375. The molecule has 1 heterocycles. The van der Waals surface area contributed by atoms with Crippen molar-refractivity contribution in [1.29, 1.82) is 0 Å². The smallest absolute Gasteiger partial charge is 0.133 e. The van der Waals surface area contributed by atoms with Gasteiger partial charge in [0.1, 0.15) is 5.78 Å². The third kappa shape index (κ3) is 1.64. The number of para-hydroxylation sites is 1. The Balaban J connectivity index is 2.21. The number of pyridine rings is 1. The van der Waals surface area contributed by atoms with Gasteiger partial charge >= 0.3 is 0 Å². The van der Waals surface area contributed by atoms with Crippen molar-refractivity contribution in [3.63, 3.8) is 0 Å².